The number of phenolic OH excluding ortho intramolecular Hbond substituents is 1. The summed E-state index contributed by atoms with van der Waals surface area (Å²) in [5.41, 5.74) is 1.57. The topological polar surface area (TPSA) is 74.7 Å². The number of carbonyl (C=O) groups excluding carboxylic acids is 1. The Morgan fingerprint density at radius 3 is 2.67 bits per heavy atom. The number of amides is 1. The molecule has 30 heavy (non-hydrogen) atoms. The lowest BCUT2D eigenvalue weighted by Gasteiger charge is -2.34. The zero-order chi connectivity index (χ0) is 20.8. The van der Waals surface area contributed by atoms with Gasteiger partial charge in [0.2, 0.25) is 5.91 Å². The summed E-state index contributed by atoms with van der Waals surface area (Å²) in [6.45, 7) is 1.40. The molecule has 1 atom stereocenters. The van der Waals surface area contributed by atoms with Gasteiger partial charge in [-0.05, 0) is 61.9 Å². The lowest BCUT2D eigenvalue weighted by molar-refractivity contribution is -0.122. The lowest BCUT2D eigenvalue weighted by atomic mass is 10.00. The Kier molecular flexibility index (Phi) is 6.25. The molecule has 1 aromatic heterocycles. The minimum atomic E-state index is -0.218. The smallest absolute Gasteiger partial charge is 0.241 e. The van der Waals surface area contributed by atoms with Gasteiger partial charge in [-0.1, -0.05) is 24.6 Å². The van der Waals surface area contributed by atoms with E-state index in [9.17, 15) is 9.90 Å². The summed E-state index contributed by atoms with van der Waals surface area (Å²) < 4.78 is 5.74. The van der Waals surface area contributed by atoms with Crippen LogP contribution in [0.5, 0.6) is 17.2 Å². The number of para-hydroxylation sites is 1. The minimum absolute atomic E-state index is 0.0222. The number of piperidine rings is 1. The number of rotatable bonds is 6. The normalized spacial score (nSPS) is 16.7. The number of ether oxygens (including phenoxy) is 1. The van der Waals surface area contributed by atoms with E-state index in [2.05, 4.69) is 15.2 Å². The first kappa shape index (κ1) is 19.9. The number of hydrogen-bond acceptors (Lipinski definition) is 5. The summed E-state index contributed by atoms with van der Waals surface area (Å²) >= 11 is 0. The van der Waals surface area contributed by atoms with E-state index in [1.54, 1.807) is 24.5 Å². The number of likely N-dealkylation sites (tertiary alicyclic amines) is 1. The largest absolute Gasteiger partial charge is 0.508 e. The van der Waals surface area contributed by atoms with Crippen LogP contribution < -0.4 is 10.1 Å². The van der Waals surface area contributed by atoms with Crippen LogP contribution >= 0.6 is 0 Å². The molecule has 154 valence electrons. The maximum Gasteiger partial charge on any atom is 0.241 e. The van der Waals surface area contributed by atoms with E-state index in [1.165, 1.54) is 0 Å². The number of nitrogens with one attached hydrogen (secondary N) is 1. The summed E-state index contributed by atoms with van der Waals surface area (Å²) in [6.07, 6.45) is 6.23. The first-order valence-corrected chi connectivity index (χ1v) is 10.2. The Hall–Kier alpha value is -3.38. The van der Waals surface area contributed by atoms with E-state index in [-0.39, 0.29) is 17.7 Å². The van der Waals surface area contributed by atoms with Crippen molar-refractivity contribution >= 4 is 11.6 Å². The Balaban J connectivity index is 1.39. The SMILES string of the molecule is O=C(Nc1ccc(Oc2cccnc2)cc1)C1CCCCN1Cc1ccccc1O. The minimum Gasteiger partial charge on any atom is -0.508 e. The fourth-order valence-electron chi connectivity index (χ4n) is 3.72. The van der Waals surface area contributed by atoms with Gasteiger partial charge in [-0.2, -0.15) is 0 Å². The number of phenols is 1. The van der Waals surface area contributed by atoms with E-state index < -0.39 is 0 Å². The molecule has 4 rings (SSSR count). The van der Waals surface area contributed by atoms with Crippen molar-refractivity contribution in [2.24, 2.45) is 0 Å². The van der Waals surface area contributed by atoms with Crippen molar-refractivity contribution in [1.29, 1.82) is 0 Å². The van der Waals surface area contributed by atoms with Crippen molar-refractivity contribution in [3.8, 4) is 17.2 Å². The molecule has 2 N–H and O–H groups in total. The number of benzene rings is 2. The van der Waals surface area contributed by atoms with Crippen LogP contribution in [0.3, 0.4) is 0 Å². The van der Waals surface area contributed by atoms with Crippen molar-refractivity contribution < 1.29 is 14.6 Å². The van der Waals surface area contributed by atoms with Gasteiger partial charge in [0.25, 0.3) is 0 Å². The summed E-state index contributed by atoms with van der Waals surface area (Å²) in [6, 6.07) is 18.0. The molecule has 1 saturated heterocycles. The zero-order valence-corrected chi connectivity index (χ0v) is 16.7. The zero-order valence-electron chi connectivity index (χ0n) is 16.7. The van der Waals surface area contributed by atoms with E-state index in [1.807, 2.05) is 48.5 Å². The molecule has 1 unspecified atom stereocenters. The van der Waals surface area contributed by atoms with Crippen molar-refractivity contribution in [3.63, 3.8) is 0 Å². The molecule has 0 radical (unpaired) electrons. The molecule has 2 aromatic carbocycles. The highest BCUT2D eigenvalue weighted by Gasteiger charge is 2.29. The van der Waals surface area contributed by atoms with Gasteiger partial charge >= 0.3 is 0 Å². The van der Waals surface area contributed by atoms with Gasteiger partial charge in [-0.25, -0.2) is 0 Å². The second-order valence-corrected chi connectivity index (χ2v) is 7.42. The van der Waals surface area contributed by atoms with Crippen molar-refractivity contribution in [2.75, 3.05) is 11.9 Å². The van der Waals surface area contributed by atoms with E-state index >= 15 is 0 Å². The quantitative estimate of drug-likeness (QED) is 0.630. The fraction of sp³-hybridized carbons (Fsp3) is 0.250. The molecule has 1 amide bonds. The second-order valence-electron chi connectivity index (χ2n) is 7.42. The number of hydrogen-bond donors (Lipinski definition) is 2. The van der Waals surface area contributed by atoms with Crippen LogP contribution in [0.25, 0.3) is 0 Å². The molecule has 0 spiro atoms. The van der Waals surface area contributed by atoms with Crippen LogP contribution in [-0.4, -0.2) is 33.5 Å². The van der Waals surface area contributed by atoms with Gasteiger partial charge < -0.3 is 15.2 Å². The van der Waals surface area contributed by atoms with Gasteiger partial charge in [-0.15, -0.1) is 0 Å². The maximum absolute atomic E-state index is 13.0. The van der Waals surface area contributed by atoms with E-state index in [4.69, 9.17) is 4.74 Å². The standard InChI is InChI=1S/C24H25N3O3/c28-23-9-2-1-6-18(23)17-27-15-4-3-8-22(27)24(29)26-19-10-12-20(13-11-19)30-21-7-5-14-25-16-21/h1-2,5-7,9-14,16,22,28H,3-4,8,15,17H2,(H,26,29). The number of anilines is 1. The third-order valence-corrected chi connectivity index (χ3v) is 5.27. The molecule has 2 heterocycles. The van der Waals surface area contributed by atoms with Gasteiger partial charge in [0, 0.05) is 24.0 Å². The molecular formula is C24H25N3O3. The maximum atomic E-state index is 13.0. The van der Waals surface area contributed by atoms with Crippen LogP contribution in [0.1, 0.15) is 24.8 Å². The fourth-order valence-corrected chi connectivity index (χ4v) is 3.72. The summed E-state index contributed by atoms with van der Waals surface area (Å²) in [4.78, 5) is 19.2. The predicted octanol–water partition coefficient (Wildman–Crippen LogP) is 4.57. The van der Waals surface area contributed by atoms with Crippen molar-refractivity contribution in [3.05, 3.63) is 78.6 Å². The van der Waals surface area contributed by atoms with Crippen LogP contribution in [0.2, 0.25) is 0 Å². The molecular weight excluding hydrogens is 378 g/mol. The van der Waals surface area contributed by atoms with Crippen molar-refractivity contribution in [2.45, 2.75) is 31.8 Å². The number of pyridine rings is 1. The first-order valence-electron chi connectivity index (χ1n) is 10.2. The summed E-state index contributed by atoms with van der Waals surface area (Å²) in [7, 11) is 0. The molecule has 6 nitrogen and oxygen atoms in total. The predicted molar refractivity (Wildman–Crippen MR) is 116 cm³/mol. The van der Waals surface area contributed by atoms with Gasteiger partial charge in [0.05, 0.1) is 12.2 Å². The average molecular weight is 403 g/mol. The Morgan fingerprint density at radius 2 is 1.90 bits per heavy atom. The highest BCUT2D eigenvalue weighted by Crippen LogP contribution is 2.26. The average Bonchev–Trinajstić information content (AvgIpc) is 2.78. The van der Waals surface area contributed by atoms with Gasteiger partial charge in [-0.3, -0.25) is 14.7 Å². The lowest BCUT2D eigenvalue weighted by Crippen LogP contribution is -2.46. The van der Waals surface area contributed by atoms with E-state index in [0.717, 1.165) is 37.1 Å². The third kappa shape index (κ3) is 4.96. The summed E-state index contributed by atoms with van der Waals surface area (Å²) in [5, 5.41) is 13.1. The Labute approximate surface area is 176 Å². The third-order valence-electron chi connectivity index (χ3n) is 5.27. The van der Waals surface area contributed by atoms with Crippen molar-refractivity contribution in [1.82, 2.24) is 9.88 Å². The van der Waals surface area contributed by atoms with Crippen LogP contribution in [0, 0.1) is 0 Å². The molecule has 0 aliphatic carbocycles. The molecule has 1 aliphatic rings. The van der Waals surface area contributed by atoms with Crippen LogP contribution in [0.15, 0.2) is 73.1 Å². The number of aromatic hydroxyl groups is 1. The Bertz CT molecular complexity index is 977. The highest BCUT2D eigenvalue weighted by molar-refractivity contribution is 5.94. The number of carbonyl (C=O) groups is 1. The molecule has 0 bridgehead atoms. The molecule has 0 saturated carbocycles. The number of nitrogens with zero attached hydrogens (tertiary/aromatic N) is 2. The number of aromatic nitrogens is 1. The van der Waals surface area contributed by atoms with Crippen LogP contribution in [-0.2, 0) is 11.3 Å². The highest BCUT2D eigenvalue weighted by atomic mass is 16.5. The molecule has 1 aliphatic heterocycles. The summed E-state index contributed by atoms with van der Waals surface area (Å²) in [5.74, 6) is 1.59. The monoisotopic (exact) mass is 403 g/mol. The second kappa shape index (κ2) is 9.41. The molecule has 6 heteroatoms. The first-order chi connectivity index (χ1) is 14.7. The van der Waals surface area contributed by atoms with E-state index in [0.29, 0.717) is 18.0 Å². The van der Waals surface area contributed by atoms with Crippen LogP contribution in [0.4, 0.5) is 5.69 Å². The van der Waals surface area contributed by atoms with Gasteiger partial charge in [0.1, 0.15) is 17.2 Å². The molecule has 3 aromatic rings. The van der Waals surface area contributed by atoms with Gasteiger partial charge in [0.15, 0.2) is 0 Å². The molecule has 1 fully saturated rings. The Morgan fingerprint density at radius 1 is 1.07 bits per heavy atom.